The highest BCUT2D eigenvalue weighted by Gasteiger charge is 2.29. The van der Waals surface area contributed by atoms with E-state index in [0.717, 1.165) is 38.9 Å². The lowest BCUT2D eigenvalue weighted by Gasteiger charge is -2.25. The zero-order valence-corrected chi connectivity index (χ0v) is 33.4. The molecule has 0 spiro atoms. The van der Waals surface area contributed by atoms with Crippen LogP contribution in [0.25, 0.3) is 78.7 Å². The van der Waals surface area contributed by atoms with Crippen LogP contribution in [0.1, 0.15) is 23.9 Å². The van der Waals surface area contributed by atoms with Gasteiger partial charge in [0.25, 0.3) is 10.1 Å². The smallest absolute Gasteiger partial charge is 0.269 e. The van der Waals surface area contributed by atoms with E-state index in [0.29, 0.717) is 56.1 Å². The number of phenols is 3. The van der Waals surface area contributed by atoms with E-state index in [1.165, 1.54) is 6.92 Å². The number of phenolic OH excluding ortho intramolecular Hbond substituents is 3. The Bertz CT molecular complexity index is 3150. The number of nitrogens with zero attached hydrogens (tertiary/aromatic N) is 2. The second-order valence-electron chi connectivity index (χ2n) is 14.9. The van der Waals surface area contributed by atoms with Crippen LogP contribution < -0.4 is 9.64 Å². The third-order valence-electron chi connectivity index (χ3n) is 10.9. The van der Waals surface area contributed by atoms with Crippen molar-refractivity contribution >= 4 is 50.0 Å². The molecule has 8 bridgehead atoms. The quantitative estimate of drug-likeness (QED) is 0.0817. The van der Waals surface area contributed by atoms with Gasteiger partial charge in [-0.3, -0.25) is 4.55 Å². The Morgan fingerprint density at radius 2 is 1.10 bits per heavy atom. The molecule has 0 saturated heterocycles. The van der Waals surface area contributed by atoms with E-state index >= 15 is 0 Å². The largest absolute Gasteiger partial charge is 0.508 e. The maximum Gasteiger partial charge on any atom is 0.269 e. The van der Waals surface area contributed by atoms with Gasteiger partial charge in [-0.05, 0) is 126 Å². The summed E-state index contributed by atoms with van der Waals surface area (Å²) in [5, 5.41) is 31.0. The number of hydrogen-bond acceptors (Lipinski definition) is 8. The lowest BCUT2D eigenvalue weighted by molar-refractivity contribution is 0.415. The molecule has 300 valence electrons. The van der Waals surface area contributed by atoms with Gasteiger partial charge in [0, 0.05) is 63.1 Å². The first-order valence-electron chi connectivity index (χ1n) is 19.3. The molecule has 2 aliphatic rings. The molecule has 7 aromatic rings. The minimum absolute atomic E-state index is 0.0560. The number of hydrogen-bond donors (Lipinski definition) is 6. The van der Waals surface area contributed by atoms with Gasteiger partial charge in [-0.25, -0.2) is 4.98 Å². The van der Waals surface area contributed by atoms with Crippen molar-refractivity contribution in [2.45, 2.75) is 18.7 Å². The van der Waals surface area contributed by atoms with Gasteiger partial charge in [-0.2, -0.15) is 8.42 Å². The molecule has 0 fully saturated rings. The van der Waals surface area contributed by atoms with Crippen molar-refractivity contribution < 1.29 is 33.0 Å². The Morgan fingerprint density at radius 1 is 0.633 bits per heavy atom. The van der Waals surface area contributed by atoms with Crippen molar-refractivity contribution in [2.75, 3.05) is 18.6 Å². The summed E-state index contributed by atoms with van der Waals surface area (Å²) in [5.74, 6) is 0.859. The third kappa shape index (κ3) is 7.23. The number of H-pyrrole nitrogens is 2. The molecule has 0 amide bonds. The van der Waals surface area contributed by atoms with Crippen LogP contribution in [0.15, 0.2) is 127 Å². The van der Waals surface area contributed by atoms with Gasteiger partial charge in [0.05, 0.1) is 18.5 Å². The van der Waals surface area contributed by atoms with Crippen LogP contribution in [0.2, 0.25) is 0 Å². The summed E-state index contributed by atoms with van der Waals surface area (Å²) in [7, 11) is -2.85. The SMILES string of the molecule is COc1cccc(-c2c3cc(c(-c4cccc(O)c4)c4ccc([nH]4)c(-c4cccc(O)c4)c4ccc([nH]4)c(-c4cccc(O)c4)c4nc2C=C4)CN3CC(C)S(=O)(=O)O)c1. The van der Waals surface area contributed by atoms with Crippen LogP contribution in [0, 0.1) is 0 Å². The number of fused-ring (bicyclic) bond motifs is 8. The van der Waals surface area contributed by atoms with Crippen molar-refractivity contribution in [1.82, 2.24) is 15.0 Å². The van der Waals surface area contributed by atoms with E-state index in [1.807, 2.05) is 89.8 Å². The molecule has 60 heavy (non-hydrogen) atoms. The van der Waals surface area contributed by atoms with E-state index < -0.39 is 15.4 Å². The fraction of sp³-hybridized carbons (Fsp3) is 0.104. The normalized spacial score (nSPS) is 13.1. The molecule has 0 radical (unpaired) electrons. The number of ether oxygens (including phenoxy) is 1. The van der Waals surface area contributed by atoms with Crippen LogP contribution in [-0.4, -0.2) is 62.1 Å². The van der Waals surface area contributed by atoms with Crippen LogP contribution in [0.4, 0.5) is 5.69 Å². The van der Waals surface area contributed by atoms with E-state index in [-0.39, 0.29) is 30.3 Å². The molecule has 11 nitrogen and oxygen atoms in total. The fourth-order valence-corrected chi connectivity index (χ4v) is 8.53. The van der Waals surface area contributed by atoms with E-state index in [1.54, 1.807) is 61.7 Å². The topological polar surface area (TPSA) is 172 Å². The number of benzene rings is 4. The van der Waals surface area contributed by atoms with Gasteiger partial charge in [0.1, 0.15) is 28.2 Å². The standard InChI is InChI=1S/C48H40N4O7S/c1-28(60(56,57)58)26-52-27-33-25-44(52)48(32-10-6-14-37(24-32)59-2)43-20-19-42(51-43)47(31-9-5-13-36(55)23-31)41-18-17-40(50-41)46(30-8-4-12-35(54)22-30)39-16-15-38(49-39)45(33)29-7-3-11-34(53)21-29/h3-25,28,49-50,53-55H,26-27H2,1-2H3,(H,56,57,58). The predicted octanol–water partition coefficient (Wildman–Crippen LogP) is 10.2. The number of nitrogens with one attached hydrogen (secondary N) is 2. The van der Waals surface area contributed by atoms with Crippen molar-refractivity contribution in [1.29, 1.82) is 0 Å². The van der Waals surface area contributed by atoms with E-state index in [2.05, 4.69) is 9.97 Å². The second kappa shape index (κ2) is 15.1. The average Bonchev–Trinajstić information content (AvgIpc) is 4.05. The highest BCUT2D eigenvalue weighted by Crippen LogP contribution is 2.44. The molecule has 1 atom stereocenters. The summed E-state index contributed by atoms with van der Waals surface area (Å²) in [6, 6.07) is 38.4. The number of anilines is 1. The Labute approximate surface area is 345 Å². The Morgan fingerprint density at radius 3 is 1.63 bits per heavy atom. The first-order valence-corrected chi connectivity index (χ1v) is 20.8. The second-order valence-corrected chi connectivity index (χ2v) is 16.8. The van der Waals surface area contributed by atoms with Gasteiger partial charge < -0.3 is 34.9 Å². The molecule has 5 heterocycles. The summed E-state index contributed by atoms with van der Waals surface area (Å²) < 4.78 is 41.2. The lowest BCUT2D eigenvalue weighted by Crippen LogP contribution is -2.33. The molecule has 4 aromatic carbocycles. The number of rotatable bonds is 8. The van der Waals surface area contributed by atoms with Crippen molar-refractivity contribution in [2.24, 2.45) is 0 Å². The van der Waals surface area contributed by atoms with Gasteiger partial charge in [-0.15, -0.1) is 0 Å². The molecule has 1 unspecified atom stereocenters. The zero-order valence-electron chi connectivity index (χ0n) is 32.6. The predicted molar refractivity (Wildman–Crippen MR) is 237 cm³/mol. The summed E-state index contributed by atoms with van der Waals surface area (Å²) in [5.41, 5.74) is 11.4. The molecule has 0 aliphatic carbocycles. The fourth-order valence-electron chi connectivity index (χ4n) is 8.16. The van der Waals surface area contributed by atoms with Gasteiger partial charge in [0.15, 0.2) is 0 Å². The monoisotopic (exact) mass is 816 g/mol. The molecule has 6 N–H and O–H groups in total. The highest BCUT2D eigenvalue weighted by molar-refractivity contribution is 7.86. The first kappa shape index (κ1) is 38.2. The summed E-state index contributed by atoms with van der Waals surface area (Å²) in [4.78, 5) is 14.5. The Balaban J connectivity index is 1.50. The van der Waals surface area contributed by atoms with Crippen LogP contribution in [-0.2, 0) is 16.7 Å². The van der Waals surface area contributed by atoms with Crippen molar-refractivity contribution in [3.63, 3.8) is 0 Å². The number of aromatic nitrogens is 3. The van der Waals surface area contributed by atoms with Gasteiger partial charge in [-0.1, -0.05) is 48.5 Å². The van der Waals surface area contributed by atoms with Crippen molar-refractivity contribution in [3.05, 3.63) is 144 Å². The molecule has 2 aliphatic heterocycles. The molecular formula is C48H40N4O7S. The molecule has 9 rings (SSSR count). The average molecular weight is 817 g/mol. The lowest BCUT2D eigenvalue weighted by atomic mass is 10.00. The minimum Gasteiger partial charge on any atom is -0.508 e. The molecule has 12 heteroatoms. The third-order valence-corrected chi connectivity index (χ3v) is 12.1. The van der Waals surface area contributed by atoms with Crippen LogP contribution in [0.3, 0.4) is 0 Å². The van der Waals surface area contributed by atoms with Crippen LogP contribution in [0.5, 0.6) is 23.0 Å². The van der Waals surface area contributed by atoms with Gasteiger partial charge in [0.2, 0.25) is 0 Å². The molecule has 3 aromatic heterocycles. The van der Waals surface area contributed by atoms with E-state index in [9.17, 15) is 28.3 Å². The summed E-state index contributed by atoms with van der Waals surface area (Å²) >= 11 is 0. The van der Waals surface area contributed by atoms with Crippen LogP contribution >= 0.6 is 0 Å². The maximum atomic E-state index is 12.6. The first-order chi connectivity index (χ1) is 28.9. The zero-order chi connectivity index (χ0) is 41.7. The summed E-state index contributed by atoms with van der Waals surface area (Å²) in [6.45, 7) is 1.65. The van der Waals surface area contributed by atoms with Crippen molar-refractivity contribution in [3.8, 4) is 67.5 Å². The Hall–Kier alpha value is -7.28. The number of aromatic amines is 2. The minimum atomic E-state index is -4.44. The highest BCUT2D eigenvalue weighted by atomic mass is 32.2. The number of methoxy groups -OCH3 is 1. The maximum absolute atomic E-state index is 12.6. The van der Waals surface area contributed by atoms with E-state index in [4.69, 9.17) is 9.72 Å². The Kier molecular flexibility index (Phi) is 9.66. The number of aromatic hydroxyl groups is 3. The molecular weight excluding hydrogens is 777 g/mol. The summed E-state index contributed by atoms with van der Waals surface area (Å²) in [6.07, 6.45) is 3.83. The van der Waals surface area contributed by atoms with Gasteiger partial charge >= 0.3 is 0 Å². The molecule has 0 saturated carbocycles.